The van der Waals surface area contributed by atoms with Gasteiger partial charge in [0, 0.05) is 19.5 Å². The molecule has 0 aliphatic carbocycles. The number of piperidine rings is 1. The molecule has 1 unspecified atom stereocenters. The van der Waals surface area contributed by atoms with Crippen LogP contribution < -0.4 is 5.32 Å². The highest BCUT2D eigenvalue weighted by Gasteiger charge is 2.27. The molecule has 6 nitrogen and oxygen atoms in total. The van der Waals surface area contributed by atoms with Crippen molar-refractivity contribution in [3.05, 3.63) is 11.7 Å². The molecule has 106 valence electrons. The van der Waals surface area contributed by atoms with E-state index in [1.165, 1.54) is 0 Å². The molecule has 1 aromatic heterocycles. The Labute approximate surface area is 113 Å². The van der Waals surface area contributed by atoms with E-state index < -0.39 is 0 Å². The van der Waals surface area contributed by atoms with Gasteiger partial charge in [-0.3, -0.25) is 4.79 Å². The molecule has 1 N–H and O–H groups in total. The number of hydrogen-bond acceptors (Lipinski definition) is 5. The summed E-state index contributed by atoms with van der Waals surface area (Å²) in [5, 5.41) is 7.06. The van der Waals surface area contributed by atoms with Crippen LogP contribution in [0.5, 0.6) is 0 Å². The van der Waals surface area contributed by atoms with Gasteiger partial charge in [-0.25, -0.2) is 0 Å². The second-order valence-corrected chi connectivity index (χ2v) is 4.96. The summed E-state index contributed by atoms with van der Waals surface area (Å²) in [4.78, 5) is 18.3. The Morgan fingerprint density at radius 1 is 1.53 bits per heavy atom. The summed E-state index contributed by atoms with van der Waals surface area (Å²) in [6.07, 6.45) is 3.67. The Morgan fingerprint density at radius 2 is 2.37 bits per heavy atom. The van der Waals surface area contributed by atoms with E-state index in [4.69, 9.17) is 4.52 Å². The van der Waals surface area contributed by atoms with Gasteiger partial charge in [0.15, 0.2) is 5.82 Å². The molecule has 2 rings (SSSR count). The van der Waals surface area contributed by atoms with E-state index >= 15 is 0 Å². The van der Waals surface area contributed by atoms with Crippen LogP contribution in [0.1, 0.15) is 37.9 Å². The number of amides is 1. The van der Waals surface area contributed by atoms with Gasteiger partial charge < -0.3 is 14.7 Å². The van der Waals surface area contributed by atoms with Crippen molar-refractivity contribution in [3.8, 4) is 0 Å². The molecule has 0 aromatic carbocycles. The second kappa shape index (κ2) is 6.65. The highest BCUT2D eigenvalue weighted by Crippen LogP contribution is 2.12. The van der Waals surface area contributed by atoms with Crippen LogP contribution in [0.4, 0.5) is 0 Å². The van der Waals surface area contributed by atoms with Gasteiger partial charge in [0.05, 0.1) is 6.04 Å². The number of hydrogen-bond donors (Lipinski definition) is 1. The molecule has 0 spiro atoms. The van der Waals surface area contributed by atoms with Gasteiger partial charge in [0.2, 0.25) is 11.8 Å². The average Bonchev–Trinajstić information content (AvgIpc) is 2.82. The monoisotopic (exact) mass is 266 g/mol. The lowest BCUT2D eigenvalue weighted by molar-refractivity contribution is -0.135. The van der Waals surface area contributed by atoms with Crippen LogP contribution in [0.15, 0.2) is 4.52 Å². The van der Waals surface area contributed by atoms with E-state index in [1.807, 2.05) is 4.90 Å². The van der Waals surface area contributed by atoms with Crippen LogP contribution in [0.25, 0.3) is 0 Å². The van der Waals surface area contributed by atoms with E-state index in [2.05, 4.69) is 22.4 Å². The quantitative estimate of drug-likeness (QED) is 0.828. The molecular formula is C13H22N4O2. The fraction of sp³-hybridized carbons (Fsp3) is 0.769. The van der Waals surface area contributed by atoms with E-state index in [1.54, 1.807) is 6.92 Å². The Morgan fingerprint density at radius 3 is 3.05 bits per heavy atom. The molecule has 19 heavy (non-hydrogen) atoms. The zero-order chi connectivity index (χ0) is 13.7. The minimum Gasteiger partial charge on any atom is -0.341 e. The second-order valence-electron chi connectivity index (χ2n) is 4.96. The molecule has 0 radical (unpaired) electrons. The zero-order valence-corrected chi connectivity index (χ0v) is 11.7. The third-order valence-corrected chi connectivity index (χ3v) is 3.34. The number of carbonyl (C=O) groups excluding carboxylic acids is 1. The third kappa shape index (κ3) is 3.76. The Balaban J connectivity index is 1.83. The van der Waals surface area contributed by atoms with Gasteiger partial charge in [-0.1, -0.05) is 12.1 Å². The third-order valence-electron chi connectivity index (χ3n) is 3.34. The number of nitrogens with one attached hydrogen (secondary N) is 1. The smallest absolute Gasteiger partial charge is 0.239 e. The number of aromatic nitrogens is 2. The van der Waals surface area contributed by atoms with Crippen molar-refractivity contribution in [1.82, 2.24) is 20.4 Å². The van der Waals surface area contributed by atoms with E-state index in [9.17, 15) is 4.79 Å². The highest BCUT2D eigenvalue weighted by atomic mass is 16.5. The number of likely N-dealkylation sites (tertiary alicyclic amines) is 1. The minimum absolute atomic E-state index is 0.0156. The normalized spacial score (nSPS) is 20.0. The maximum Gasteiger partial charge on any atom is 0.239 e. The molecule has 1 aliphatic rings. The van der Waals surface area contributed by atoms with Gasteiger partial charge in [0.25, 0.3) is 0 Å². The van der Waals surface area contributed by atoms with Crippen LogP contribution in [0.2, 0.25) is 0 Å². The zero-order valence-electron chi connectivity index (χ0n) is 11.7. The first kappa shape index (κ1) is 14.0. The van der Waals surface area contributed by atoms with Crippen molar-refractivity contribution in [2.75, 3.05) is 19.6 Å². The molecule has 1 atom stereocenters. The average molecular weight is 266 g/mol. The van der Waals surface area contributed by atoms with Crippen molar-refractivity contribution in [2.45, 2.75) is 45.6 Å². The lowest BCUT2D eigenvalue weighted by Gasteiger charge is -2.32. The summed E-state index contributed by atoms with van der Waals surface area (Å²) in [6, 6.07) is -0.0156. The van der Waals surface area contributed by atoms with Crippen molar-refractivity contribution < 1.29 is 9.32 Å². The maximum absolute atomic E-state index is 12.3. The van der Waals surface area contributed by atoms with E-state index in [-0.39, 0.29) is 11.9 Å². The summed E-state index contributed by atoms with van der Waals surface area (Å²) in [7, 11) is 0. The maximum atomic E-state index is 12.3. The van der Waals surface area contributed by atoms with Crippen LogP contribution in [-0.2, 0) is 11.2 Å². The van der Waals surface area contributed by atoms with Gasteiger partial charge in [-0.15, -0.1) is 0 Å². The molecular weight excluding hydrogens is 244 g/mol. The lowest BCUT2D eigenvalue weighted by atomic mass is 10.0. The molecule has 1 aliphatic heterocycles. The molecule has 0 bridgehead atoms. The summed E-state index contributed by atoms with van der Waals surface area (Å²) >= 11 is 0. The van der Waals surface area contributed by atoms with Gasteiger partial charge >= 0.3 is 0 Å². The summed E-state index contributed by atoms with van der Waals surface area (Å²) < 4.78 is 5.07. The first-order chi connectivity index (χ1) is 9.20. The molecule has 6 heteroatoms. The van der Waals surface area contributed by atoms with Crippen LogP contribution in [-0.4, -0.2) is 46.6 Å². The Bertz CT molecular complexity index is 419. The lowest BCUT2D eigenvalue weighted by Crippen LogP contribution is -2.51. The number of carbonyl (C=O) groups is 1. The molecule has 0 saturated carbocycles. The fourth-order valence-corrected chi connectivity index (χ4v) is 2.34. The first-order valence-electron chi connectivity index (χ1n) is 7.02. The van der Waals surface area contributed by atoms with Gasteiger partial charge in [0.1, 0.15) is 0 Å². The van der Waals surface area contributed by atoms with Crippen LogP contribution >= 0.6 is 0 Å². The summed E-state index contributed by atoms with van der Waals surface area (Å²) in [5.74, 6) is 1.45. The Kier molecular flexibility index (Phi) is 4.90. The number of rotatable bonds is 6. The first-order valence-corrected chi connectivity index (χ1v) is 7.02. The molecule has 1 amide bonds. The van der Waals surface area contributed by atoms with Crippen LogP contribution in [0, 0.1) is 6.92 Å². The van der Waals surface area contributed by atoms with Gasteiger partial charge in [-0.05, 0) is 32.7 Å². The van der Waals surface area contributed by atoms with Crippen molar-refractivity contribution in [3.63, 3.8) is 0 Å². The summed E-state index contributed by atoms with van der Waals surface area (Å²) in [6.45, 7) is 6.29. The predicted molar refractivity (Wildman–Crippen MR) is 70.6 cm³/mol. The van der Waals surface area contributed by atoms with Gasteiger partial charge in [-0.2, -0.15) is 4.98 Å². The number of aryl methyl sites for hydroxylation is 1. The molecule has 1 saturated heterocycles. The molecule has 1 aromatic rings. The standard InChI is InChI=1S/C13H22N4O2/c1-3-7-14-11-5-4-8-17(13(11)18)9-6-12-15-10(2)16-19-12/h11,14H,3-9H2,1-2H3. The topological polar surface area (TPSA) is 71.3 Å². The summed E-state index contributed by atoms with van der Waals surface area (Å²) in [5.41, 5.74) is 0. The van der Waals surface area contributed by atoms with Crippen molar-refractivity contribution in [2.24, 2.45) is 0 Å². The van der Waals surface area contributed by atoms with Crippen molar-refractivity contribution >= 4 is 5.91 Å². The molecule has 2 heterocycles. The fourth-order valence-electron chi connectivity index (χ4n) is 2.34. The van der Waals surface area contributed by atoms with E-state index in [0.717, 1.165) is 32.4 Å². The minimum atomic E-state index is -0.0156. The van der Waals surface area contributed by atoms with Crippen LogP contribution in [0.3, 0.4) is 0 Å². The molecule has 1 fully saturated rings. The van der Waals surface area contributed by atoms with E-state index in [0.29, 0.717) is 24.7 Å². The SMILES string of the molecule is CCCNC1CCCN(CCc2nc(C)no2)C1=O. The van der Waals surface area contributed by atoms with Crippen molar-refractivity contribution in [1.29, 1.82) is 0 Å². The number of nitrogens with zero attached hydrogens (tertiary/aromatic N) is 3. The highest BCUT2D eigenvalue weighted by molar-refractivity contribution is 5.82. The predicted octanol–water partition coefficient (Wildman–Crippen LogP) is 0.911. The largest absolute Gasteiger partial charge is 0.341 e. The Hall–Kier alpha value is -1.43.